The fraction of sp³-hybridized carbons (Fsp3) is 0.533. The van der Waals surface area contributed by atoms with E-state index in [4.69, 9.17) is 4.74 Å². The summed E-state index contributed by atoms with van der Waals surface area (Å²) in [5.74, 6) is -0.988. The summed E-state index contributed by atoms with van der Waals surface area (Å²) in [6, 6.07) is 2.83. The SMILES string of the molecule is Fc1ccc2c(c1F)OC(C1CC[CH-]CC1)CC2.[Re]. The summed E-state index contributed by atoms with van der Waals surface area (Å²) >= 11 is 0. The number of fused-ring (bicyclic) bond motifs is 1. The van der Waals surface area contributed by atoms with Gasteiger partial charge < -0.3 is 11.2 Å². The van der Waals surface area contributed by atoms with Crippen LogP contribution >= 0.6 is 0 Å². The third kappa shape index (κ3) is 3.01. The van der Waals surface area contributed by atoms with Crippen molar-refractivity contribution in [1.29, 1.82) is 0 Å². The predicted molar refractivity (Wildman–Crippen MR) is 65.4 cm³/mol. The number of aryl methyl sites for hydroxylation is 1. The van der Waals surface area contributed by atoms with Gasteiger partial charge in [-0.3, -0.25) is 0 Å². The Hall–Kier alpha value is -0.458. The fourth-order valence-electron chi connectivity index (χ4n) is 3.06. The molecule has 3 rings (SSSR count). The first-order valence-electron chi connectivity index (χ1n) is 6.71. The van der Waals surface area contributed by atoms with Crippen molar-refractivity contribution >= 4 is 0 Å². The van der Waals surface area contributed by atoms with E-state index in [1.165, 1.54) is 6.07 Å². The molecular weight excluding hydrogens is 420 g/mol. The molecule has 1 atom stereocenters. The molecule has 1 aliphatic heterocycles. The van der Waals surface area contributed by atoms with Crippen LogP contribution < -0.4 is 4.74 Å². The number of hydrogen-bond acceptors (Lipinski definition) is 1. The number of rotatable bonds is 1. The maximum atomic E-state index is 13.7. The van der Waals surface area contributed by atoms with Gasteiger partial charge in [0.05, 0.1) is 0 Å². The van der Waals surface area contributed by atoms with Crippen LogP contribution in [0.3, 0.4) is 0 Å². The second-order valence-electron chi connectivity index (χ2n) is 5.25. The molecule has 1 nitrogen and oxygen atoms in total. The summed E-state index contributed by atoms with van der Waals surface area (Å²) in [4.78, 5) is 0. The Morgan fingerprint density at radius 2 is 1.84 bits per heavy atom. The molecule has 0 aromatic heterocycles. The fourth-order valence-corrected chi connectivity index (χ4v) is 3.06. The van der Waals surface area contributed by atoms with Crippen LogP contribution in [0.5, 0.6) is 5.75 Å². The second kappa shape index (κ2) is 6.33. The van der Waals surface area contributed by atoms with Crippen molar-refractivity contribution in [1.82, 2.24) is 0 Å². The maximum Gasteiger partial charge on any atom is 0.200 e. The van der Waals surface area contributed by atoms with Crippen molar-refractivity contribution < 1.29 is 33.9 Å². The Morgan fingerprint density at radius 3 is 2.58 bits per heavy atom. The summed E-state index contributed by atoms with van der Waals surface area (Å²) in [7, 11) is 0. The van der Waals surface area contributed by atoms with Gasteiger partial charge in [0.15, 0.2) is 11.6 Å². The average molecular weight is 438 g/mol. The van der Waals surface area contributed by atoms with E-state index in [9.17, 15) is 8.78 Å². The summed E-state index contributed by atoms with van der Waals surface area (Å²) < 4.78 is 32.7. The van der Waals surface area contributed by atoms with Gasteiger partial charge in [-0.15, -0.1) is 0 Å². The quantitative estimate of drug-likeness (QED) is 0.603. The van der Waals surface area contributed by atoms with Gasteiger partial charge in [-0.25, -0.2) is 4.39 Å². The van der Waals surface area contributed by atoms with Crippen molar-refractivity contribution in [2.75, 3.05) is 0 Å². The Labute approximate surface area is 126 Å². The monoisotopic (exact) mass is 438 g/mol. The van der Waals surface area contributed by atoms with E-state index in [2.05, 4.69) is 6.42 Å². The molecule has 1 heterocycles. The summed E-state index contributed by atoms with van der Waals surface area (Å²) in [6.45, 7) is 0. The molecule has 1 saturated carbocycles. The van der Waals surface area contributed by atoms with E-state index in [0.29, 0.717) is 5.92 Å². The molecule has 105 valence electrons. The minimum atomic E-state index is -0.820. The van der Waals surface area contributed by atoms with Gasteiger partial charge in [0.1, 0.15) is 6.10 Å². The summed E-state index contributed by atoms with van der Waals surface area (Å²) in [5.41, 5.74) is 0.799. The largest absolute Gasteiger partial charge is 0.487 e. The Kier molecular flexibility index (Phi) is 4.98. The van der Waals surface area contributed by atoms with Crippen molar-refractivity contribution in [2.45, 2.75) is 44.6 Å². The van der Waals surface area contributed by atoms with Gasteiger partial charge >= 0.3 is 0 Å². The molecule has 0 spiro atoms. The molecule has 1 radical (unpaired) electrons. The molecule has 0 bridgehead atoms. The van der Waals surface area contributed by atoms with Crippen LogP contribution in [0, 0.1) is 24.0 Å². The Bertz CT molecular complexity index is 444. The van der Waals surface area contributed by atoms with Crippen LogP contribution in [-0.4, -0.2) is 6.10 Å². The van der Waals surface area contributed by atoms with Crippen molar-refractivity contribution in [3.05, 3.63) is 35.8 Å². The predicted octanol–water partition coefficient (Wildman–Crippen LogP) is 4.05. The first-order valence-corrected chi connectivity index (χ1v) is 6.71. The van der Waals surface area contributed by atoms with Gasteiger partial charge in [-0.05, 0) is 30.4 Å². The first-order chi connectivity index (χ1) is 8.75. The molecule has 0 saturated heterocycles. The number of benzene rings is 1. The summed E-state index contributed by atoms with van der Waals surface area (Å²) in [6.07, 6.45) is 8.51. The van der Waals surface area contributed by atoms with Crippen LogP contribution in [0.1, 0.15) is 37.7 Å². The van der Waals surface area contributed by atoms with E-state index >= 15 is 0 Å². The molecule has 4 heteroatoms. The van der Waals surface area contributed by atoms with Crippen LogP contribution in [0.4, 0.5) is 8.78 Å². The minimum absolute atomic E-state index is 0. The Morgan fingerprint density at radius 1 is 1.11 bits per heavy atom. The standard InChI is InChI=1S/C15H17F2O.Re/c16-12-8-6-11-7-9-13(18-15(11)14(12)17)10-4-2-1-3-5-10;/h1,6,8,10,13H,2-5,7,9H2;/q-1;. The van der Waals surface area contributed by atoms with Crippen LogP contribution in [-0.2, 0) is 26.8 Å². The van der Waals surface area contributed by atoms with Gasteiger partial charge in [0.25, 0.3) is 0 Å². The zero-order valence-corrected chi connectivity index (χ0v) is 13.4. The molecule has 2 aliphatic rings. The minimum Gasteiger partial charge on any atom is -0.487 e. The normalized spacial score (nSPS) is 23.2. The zero-order valence-electron chi connectivity index (χ0n) is 10.7. The van der Waals surface area contributed by atoms with E-state index < -0.39 is 11.6 Å². The van der Waals surface area contributed by atoms with Gasteiger partial charge in [0, 0.05) is 20.4 Å². The topological polar surface area (TPSA) is 9.23 Å². The van der Waals surface area contributed by atoms with Gasteiger partial charge in [-0.2, -0.15) is 17.2 Å². The third-order valence-corrected chi connectivity index (χ3v) is 4.11. The molecule has 0 N–H and O–H groups in total. The molecule has 1 fully saturated rings. The zero-order chi connectivity index (χ0) is 12.5. The summed E-state index contributed by atoms with van der Waals surface area (Å²) in [5, 5.41) is 0. The van der Waals surface area contributed by atoms with E-state index in [-0.39, 0.29) is 32.3 Å². The van der Waals surface area contributed by atoms with Gasteiger partial charge in [0.2, 0.25) is 5.82 Å². The van der Waals surface area contributed by atoms with Crippen LogP contribution in [0.2, 0.25) is 0 Å². The van der Waals surface area contributed by atoms with Crippen LogP contribution in [0.15, 0.2) is 12.1 Å². The molecule has 1 unspecified atom stereocenters. The molecule has 1 aromatic carbocycles. The maximum absolute atomic E-state index is 13.7. The van der Waals surface area contributed by atoms with Gasteiger partial charge in [-0.1, -0.05) is 18.9 Å². The number of halogens is 2. The molecule has 1 aromatic rings. The molecule has 0 amide bonds. The van der Waals surface area contributed by atoms with E-state index in [1.54, 1.807) is 6.07 Å². The van der Waals surface area contributed by atoms with E-state index in [1.807, 2.05) is 0 Å². The Balaban J connectivity index is 0.00000133. The van der Waals surface area contributed by atoms with Crippen molar-refractivity contribution in [3.63, 3.8) is 0 Å². The number of hydrogen-bond donors (Lipinski definition) is 0. The third-order valence-electron chi connectivity index (χ3n) is 4.11. The molecule has 19 heavy (non-hydrogen) atoms. The average Bonchev–Trinajstić information content (AvgIpc) is 2.44. The van der Waals surface area contributed by atoms with E-state index in [0.717, 1.165) is 44.1 Å². The van der Waals surface area contributed by atoms with Crippen molar-refractivity contribution in [2.24, 2.45) is 5.92 Å². The molecule has 1 aliphatic carbocycles. The van der Waals surface area contributed by atoms with Crippen molar-refractivity contribution in [3.8, 4) is 5.75 Å². The second-order valence-corrected chi connectivity index (χ2v) is 5.25. The number of ether oxygens (including phenoxy) is 1. The van der Waals surface area contributed by atoms with Crippen LogP contribution in [0.25, 0.3) is 0 Å². The first kappa shape index (κ1) is 14.9. The molecular formula is C15H17F2ORe-. The smallest absolute Gasteiger partial charge is 0.200 e.